The van der Waals surface area contributed by atoms with Crippen LogP contribution in [-0.2, 0) is 9.47 Å². The lowest BCUT2D eigenvalue weighted by Gasteiger charge is -2.37. The molecule has 5 nitrogen and oxygen atoms in total. The summed E-state index contributed by atoms with van der Waals surface area (Å²) in [5.74, 6) is 1.66. The lowest BCUT2D eigenvalue weighted by atomic mass is 10.1. The zero-order valence-corrected chi connectivity index (χ0v) is 20.8. The van der Waals surface area contributed by atoms with Gasteiger partial charge in [0.1, 0.15) is 19.7 Å². The first-order valence-corrected chi connectivity index (χ1v) is 11.6. The van der Waals surface area contributed by atoms with Crippen molar-refractivity contribution in [3.8, 4) is 11.5 Å². The second kappa shape index (κ2) is 14.5. The number of likely N-dealkylation sites (N-methyl/N-ethyl adjacent to an activating group) is 1. The molecule has 2 aliphatic heterocycles. The number of unbranched alkanes of at least 4 members (excludes halogenated alkanes) is 7. The molecule has 30 heavy (non-hydrogen) atoms. The highest BCUT2D eigenvalue weighted by molar-refractivity contribution is 5.40. The number of hydrogen-bond acceptors (Lipinski definition) is 4. The van der Waals surface area contributed by atoms with Crippen LogP contribution in [-0.4, -0.2) is 70.3 Å². The summed E-state index contributed by atoms with van der Waals surface area (Å²) in [6.07, 6.45) is 10.6. The number of para-hydroxylation sites is 2. The van der Waals surface area contributed by atoms with Crippen molar-refractivity contribution < 1.29 is 47.4 Å². The summed E-state index contributed by atoms with van der Waals surface area (Å²) in [4.78, 5) is 0. The molecule has 1 saturated heterocycles. The summed E-state index contributed by atoms with van der Waals surface area (Å²) in [6, 6.07) is 7.83. The van der Waals surface area contributed by atoms with Gasteiger partial charge in [0, 0.05) is 6.61 Å². The molecule has 0 bridgehead atoms. The Morgan fingerprint density at radius 1 is 0.900 bits per heavy atom. The molecule has 6 heteroatoms. The zero-order chi connectivity index (χ0) is 20.2. The number of halogens is 1. The van der Waals surface area contributed by atoms with Crippen molar-refractivity contribution in [1.29, 1.82) is 0 Å². The van der Waals surface area contributed by atoms with Gasteiger partial charge in [0.15, 0.2) is 17.6 Å². The van der Waals surface area contributed by atoms with Gasteiger partial charge in [-0.2, -0.15) is 0 Å². The fraction of sp³-hybridized carbons (Fsp3) is 0.750. The smallest absolute Gasteiger partial charge is 0.161 e. The molecule has 1 atom stereocenters. The first-order chi connectivity index (χ1) is 14.3. The number of ether oxygens (including phenoxy) is 4. The quantitative estimate of drug-likeness (QED) is 0.219. The molecule has 0 aromatic heterocycles. The molecule has 0 spiro atoms. The Labute approximate surface area is 200 Å². The van der Waals surface area contributed by atoms with E-state index in [1.807, 2.05) is 24.3 Å². The molecule has 1 fully saturated rings. The molecule has 172 valence electrons. The van der Waals surface area contributed by atoms with Crippen molar-refractivity contribution in [2.75, 3.05) is 59.7 Å². The van der Waals surface area contributed by atoms with Crippen LogP contribution in [0, 0.1) is 0 Å². The summed E-state index contributed by atoms with van der Waals surface area (Å²) >= 11 is 0. The van der Waals surface area contributed by atoms with Crippen LogP contribution in [0.15, 0.2) is 24.3 Å². The molecule has 0 radical (unpaired) electrons. The molecular weight excluding hydrogens is 493 g/mol. The normalized spacial score (nSPS) is 19.8. The number of fused-ring (bicyclic) bond motifs is 1. The van der Waals surface area contributed by atoms with Crippen LogP contribution in [0.4, 0.5) is 0 Å². The third kappa shape index (κ3) is 9.28. The molecule has 3 rings (SSSR count). The SMILES string of the molecule is C[N+]1(CCCCCCCCCCOCC2COc3ccccc3O2)CCOCC1.[I-]. The molecule has 0 amide bonds. The van der Waals surface area contributed by atoms with Gasteiger partial charge in [-0.25, -0.2) is 0 Å². The van der Waals surface area contributed by atoms with Crippen molar-refractivity contribution >= 4 is 0 Å². The highest BCUT2D eigenvalue weighted by atomic mass is 127. The van der Waals surface area contributed by atoms with Crippen molar-refractivity contribution in [2.45, 2.75) is 57.5 Å². The Kier molecular flexibility index (Phi) is 12.4. The minimum Gasteiger partial charge on any atom is -1.00 e. The first-order valence-electron chi connectivity index (χ1n) is 11.6. The van der Waals surface area contributed by atoms with Crippen LogP contribution in [0.1, 0.15) is 51.4 Å². The van der Waals surface area contributed by atoms with E-state index in [9.17, 15) is 0 Å². The van der Waals surface area contributed by atoms with E-state index in [4.69, 9.17) is 18.9 Å². The van der Waals surface area contributed by atoms with E-state index in [1.54, 1.807) is 0 Å². The van der Waals surface area contributed by atoms with E-state index in [0.717, 1.165) is 37.7 Å². The van der Waals surface area contributed by atoms with Gasteiger partial charge in [0.25, 0.3) is 0 Å². The standard InChI is InChI=1S/C24H40NO4.HI/c1-25(15-18-26-19-16-25)14-10-6-4-2-3-5-7-11-17-27-20-22-21-28-23-12-8-9-13-24(23)29-22;/h8-9,12-13,22H,2-7,10-11,14-21H2,1H3;1H/q+1;/p-1. The average molecular weight is 533 g/mol. The molecule has 0 saturated carbocycles. The van der Waals surface area contributed by atoms with Crippen LogP contribution in [0.5, 0.6) is 11.5 Å². The highest BCUT2D eigenvalue weighted by Gasteiger charge is 2.24. The van der Waals surface area contributed by atoms with E-state index < -0.39 is 0 Å². The monoisotopic (exact) mass is 533 g/mol. The van der Waals surface area contributed by atoms with Crippen LogP contribution in [0.25, 0.3) is 0 Å². The van der Waals surface area contributed by atoms with Crippen molar-refractivity contribution in [3.05, 3.63) is 24.3 Å². The Balaban J connectivity index is 0.00000320. The third-order valence-corrected chi connectivity index (χ3v) is 6.16. The summed E-state index contributed by atoms with van der Waals surface area (Å²) in [7, 11) is 2.39. The van der Waals surface area contributed by atoms with E-state index in [-0.39, 0.29) is 30.1 Å². The Bertz CT molecular complexity index is 580. The second-order valence-corrected chi connectivity index (χ2v) is 8.80. The zero-order valence-electron chi connectivity index (χ0n) is 18.7. The fourth-order valence-electron chi connectivity index (χ4n) is 4.13. The number of morpholine rings is 1. The van der Waals surface area contributed by atoms with E-state index in [2.05, 4.69) is 7.05 Å². The van der Waals surface area contributed by atoms with Crippen molar-refractivity contribution in [1.82, 2.24) is 0 Å². The molecule has 1 aromatic rings. The Hall–Kier alpha value is -0.570. The van der Waals surface area contributed by atoms with Crippen LogP contribution in [0.2, 0.25) is 0 Å². The third-order valence-electron chi connectivity index (χ3n) is 6.16. The van der Waals surface area contributed by atoms with Gasteiger partial charge in [0.05, 0.1) is 33.4 Å². The number of quaternary nitrogens is 1. The maximum Gasteiger partial charge on any atom is 0.161 e. The minimum atomic E-state index is 0. The van der Waals surface area contributed by atoms with Gasteiger partial charge < -0.3 is 47.4 Å². The Morgan fingerprint density at radius 2 is 1.53 bits per heavy atom. The molecule has 1 aromatic carbocycles. The molecule has 2 heterocycles. The van der Waals surface area contributed by atoms with Gasteiger partial charge in [-0.05, 0) is 31.4 Å². The second-order valence-electron chi connectivity index (χ2n) is 8.80. The molecule has 2 aliphatic rings. The highest BCUT2D eigenvalue weighted by Crippen LogP contribution is 2.30. The van der Waals surface area contributed by atoms with Crippen LogP contribution >= 0.6 is 0 Å². The number of benzene rings is 1. The van der Waals surface area contributed by atoms with Gasteiger partial charge >= 0.3 is 0 Å². The average Bonchev–Trinajstić information content (AvgIpc) is 2.75. The number of nitrogens with zero attached hydrogens (tertiary/aromatic N) is 1. The van der Waals surface area contributed by atoms with Crippen molar-refractivity contribution in [3.63, 3.8) is 0 Å². The van der Waals surface area contributed by atoms with E-state index in [1.165, 1.54) is 69.1 Å². The predicted molar refractivity (Wildman–Crippen MR) is 116 cm³/mol. The largest absolute Gasteiger partial charge is 1.00 e. The van der Waals surface area contributed by atoms with Gasteiger partial charge in [-0.3, -0.25) is 0 Å². The summed E-state index contributed by atoms with van der Waals surface area (Å²) in [5, 5.41) is 0. The molecule has 1 unspecified atom stereocenters. The maximum absolute atomic E-state index is 5.91. The molecule has 0 N–H and O–H groups in total. The number of rotatable bonds is 13. The maximum atomic E-state index is 5.91. The van der Waals surface area contributed by atoms with E-state index in [0.29, 0.717) is 13.2 Å². The summed E-state index contributed by atoms with van der Waals surface area (Å²) < 4.78 is 24.1. The molecule has 0 aliphatic carbocycles. The lowest BCUT2D eigenvalue weighted by Crippen LogP contribution is -3.00. The van der Waals surface area contributed by atoms with Gasteiger partial charge in [-0.15, -0.1) is 0 Å². The fourth-order valence-corrected chi connectivity index (χ4v) is 4.13. The Morgan fingerprint density at radius 3 is 2.27 bits per heavy atom. The van der Waals surface area contributed by atoms with E-state index >= 15 is 0 Å². The summed E-state index contributed by atoms with van der Waals surface area (Å²) in [6.45, 7) is 7.58. The lowest BCUT2D eigenvalue weighted by molar-refractivity contribution is -0.917. The van der Waals surface area contributed by atoms with Crippen LogP contribution in [0.3, 0.4) is 0 Å². The molecular formula is C24H40INO4. The van der Waals surface area contributed by atoms with Crippen LogP contribution < -0.4 is 33.5 Å². The van der Waals surface area contributed by atoms with Gasteiger partial charge in [0.2, 0.25) is 0 Å². The minimum absolute atomic E-state index is 0. The predicted octanol–water partition coefficient (Wildman–Crippen LogP) is 1.44. The first kappa shape index (κ1) is 25.7. The number of hydrogen-bond donors (Lipinski definition) is 0. The van der Waals surface area contributed by atoms with Crippen molar-refractivity contribution in [2.24, 2.45) is 0 Å². The topological polar surface area (TPSA) is 36.9 Å². The van der Waals surface area contributed by atoms with Gasteiger partial charge in [-0.1, -0.05) is 44.2 Å². The summed E-state index contributed by atoms with van der Waals surface area (Å²) in [5.41, 5.74) is 0.